The van der Waals surface area contributed by atoms with Crippen LogP contribution in [0.5, 0.6) is 0 Å². The molecule has 27 heavy (non-hydrogen) atoms. The zero-order valence-electron chi connectivity index (χ0n) is 13.1. The second-order valence-corrected chi connectivity index (χ2v) is 10.2. The molecule has 0 unspecified atom stereocenters. The van der Waals surface area contributed by atoms with Crippen LogP contribution in [0.15, 0.2) is 56.2 Å². The minimum absolute atomic E-state index is 0.0780. The highest BCUT2D eigenvalue weighted by Crippen LogP contribution is 2.31. The Labute approximate surface area is 163 Å². The van der Waals surface area contributed by atoms with Crippen LogP contribution in [0.3, 0.4) is 0 Å². The van der Waals surface area contributed by atoms with Crippen LogP contribution in [0.4, 0.5) is 11.4 Å². The second-order valence-electron chi connectivity index (χ2n) is 5.04. The number of benzene rings is 2. The summed E-state index contributed by atoms with van der Waals surface area (Å²) in [4.78, 5) is 27.7. The van der Waals surface area contributed by atoms with Gasteiger partial charge in [0.25, 0.3) is 18.1 Å². The van der Waals surface area contributed by atoms with Crippen molar-refractivity contribution in [1.29, 1.82) is 0 Å². The Kier molecular flexibility index (Phi) is 6.33. The number of isocyanates is 2. The smallest absolute Gasteiger partial charge is 0.211 e. The lowest BCUT2D eigenvalue weighted by molar-refractivity contribution is 0.564. The van der Waals surface area contributed by atoms with Gasteiger partial charge in [-0.25, -0.2) is 26.4 Å². The van der Waals surface area contributed by atoms with Crippen LogP contribution in [-0.4, -0.2) is 29.0 Å². The van der Waals surface area contributed by atoms with Gasteiger partial charge in [0.15, 0.2) is 0 Å². The summed E-state index contributed by atoms with van der Waals surface area (Å²) in [7, 11) is 2.51. The molecule has 0 saturated carbocycles. The lowest BCUT2D eigenvalue weighted by atomic mass is 10.0. The SMILES string of the molecule is O=C=Nc1ccc(S(=O)(=O)Cl)cc1Cc1cc(S(=O)(=O)Cl)ccc1N=C=O. The minimum Gasteiger partial charge on any atom is -0.211 e. The molecule has 0 aromatic heterocycles. The van der Waals surface area contributed by atoms with Crippen LogP contribution < -0.4 is 0 Å². The maximum Gasteiger partial charge on any atom is 0.261 e. The van der Waals surface area contributed by atoms with Crippen LogP contribution in [0.2, 0.25) is 0 Å². The van der Waals surface area contributed by atoms with Crippen LogP contribution in [0.1, 0.15) is 11.1 Å². The lowest BCUT2D eigenvalue weighted by Gasteiger charge is -2.10. The number of hydrogen-bond acceptors (Lipinski definition) is 8. The summed E-state index contributed by atoms with van der Waals surface area (Å²) in [5, 5.41) is 0. The maximum atomic E-state index is 11.6. The van der Waals surface area contributed by atoms with Crippen molar-refractivity contribution in [2.45, 2.75) is 16.2 Å². The van der Waals surface area contributed by atoms with Gasteiger partial charge in [0.2, 0.25) is 12.2 Å². The van der Waals surface area contributed by atoms with E-state index in [0.29, 0.717) is 0 Å². The molecule has 0 saturated heterocycles. The number of hydrogen-bond donors (Lipinski definition) is 0. The molecule has 0 aliphatic carbocycles. The highest BCUT2D eigenvalue weighted by atomic mass is 35.7. The van der Waals surface area contributed by atoms with Gasteiger partial charge in [-0.3, -0.25) is 0 Å². The van der Waals surface area contributed by atoms with Gasteiger partial charge in [0.1, 0.15) is 0 Å². The molecule has 12 heteroatoms. The van der Waals surface area contributed by atoms with Crippen molar-refractivity contribution in [2.75, 3.05) is 0 Å². The van der Waals surface area contributed by atoms with Gasteiger partial charge in [-0.15, -0.1) is 0 Å². The first kappa shape index (κ1) is 21.0. The summed E-state index contributed by atoms with van der Waals surface area (Å²) >= 11 is 0. The maximum absolute atomic E-state index is 11.6. The fourth-order valence-electron chi connectivity index (χ4n) is 2.23. The largest absolute Gasteiger partial charge is 0.261 e. The highest BCUT2D eigenvalue weighted by molar-refractivity contribution is 8.14. The molecule has 0 radical (unpaired) electrons. The van der Waals surface area contributed by atoms with Gasteiger partial charge in [-0.2, -0.15) is 9.98 Å². The predicted octanol–water partition coefficient (Wildman–Crippen LogP) is 3.07. The molecule has 0 fully saturated rings. The quantitative estimate of drug-likeness (QED) is 0.381. The van der Waals surface area contributed by atoms with Gasteiger partial charge in [-0.1, -0.05) is 0 Å². The van der Waals surface area contributed by atoms with Crippen LogP contribution >= 0.6 is 21.4 Å². The normalized spacial score (nSPS) is 11.3. The van der Waals surface area contributed by atoms with Crippen molar-refractivity contribution in [1.82, 2.24) is 0 Å². The molecule has 0 heterocycles. The van der Waals surface area contributed by atoms with E-state index in [2.05, 4.69) is 9.98 Å². The van der Waals surface area contributed by atoms with Crippen molar-refractivity contribution in [2.24, 2.45) is 9.98 Å². The Morgan fingerprint density at radius 1 is 0.741 bits per heavy atom. The van der Waals surface area contributed by atoms with Crippen molar-refractivity contribution < 1.29 is 26.4 Å². The summed E-state index contributed by atoms with van der Waals surface area (Å²) in [6.45, 7) is 0. The van der Waals surface area contributed by atoms with E-state index in [-0.39, 0.29) is 38.7 Å². The van der Waals surface area contributed by atoms with E-state index in [1.807, 2.05) is 0 Å². The van der Waals surface area contributed by atoms with Gasteiger partial charge in [0.05, 0.1) is 21.2 Å². The van der Waals surface area contributed by atoms with E-state index in [1.54, 1.807) is 0 Å². The third kappa shape index (κ3) is 5.33. The fourth-order valence-corrected chi connectivity index (χ4v) is 3.84. The molecule has 140 valence electrons. The zero-order chi connectivity index (χ0) is 20.2. The fraction of sp³-hybridized carbons (Fsp3) is 0.0667. The molecule has 0 N–H and O–H groups in total. The second kappa shape index (κ2) is 8.14. The Morgan fingerprint density at radius 2 is 1.11 bits per heavy atom. The van der Waals surface area contributed by atoms with Crippen molar-refractivity contribution in [3.8, 4) is 0 Å². The Hall–Kier alpha value is -2.32. The standard InChI is InChI=1S/C15H8Cl2N2O6S2/c16-26(22,23)12-1-3-14(18-8-20)10(6-12)5-11-7-13(27(17,24)25)2-4-15(11)19-9-21/h1-4,6-7H,5H2. The number of nitrogens with zero attached hydrogens (tertiary/aromatic N) is 2. The molecular weight excluding hydrogens is 439 g/mol. The summed E-state index contributed by atoms with van der Waals surface area (Å²) in [5.74, 6) is 0. The van der Waals surface area contributed by atoms with Crippen molar-refractivity contribution >= 4 is 63.0 Å². The Morgan fingerprint density at radius 3 is 1.41 bits per heavy atom. The van der Waals surface area contributed by atoms with E-state index >= 15 is 0 Å². The number of aliphatic imine (C=N–C) groups is 2. The summed E-state index contributed by atoms with van der Waals surface area (Å²) in [6, 6.07) is 7.09. The summed E-state index contributed by atoms with van der Waals surface area (Å²) in [6.07, 6.45) is 2.53. The van der Waals surface area contributed by atoms with E-state index in [9.17, 15) is 26.4 Å². The van der Waals surface area contributed by atoms with Gasteiger partial charge < -0.3 is 0 Å². The molecule has 0 amide bonds. The zero-order valence-corrected chi connectivity index (χ0v) is 16.2. The highest BCUT2D eigenvalue weighted by Gasteiger charge is 2.17. The molecule has 0 atom stereocenters. The number of carbonyl (C=O) groups excluding carboxylic acids is 2. The first-order chi connectivity index (χ1) is 12.6. The average Bonchev–Trinajstić information content (AvgIpc) is 2.56. The van der Waals surface area contributed by atoms with Gasteiger partial charge >= 0.3 is 0 Å². The van der Waals surface area contributed by atoms with Gasteiger partial charge in [-0.05, 0) is 47.5 Å². The molecule has 0 spiro atoms. The molecule has 8 nitrogen and oxygen atoms in total. The third-order valence-corrected chi connectivity index (χ3v) is 6.08. The predicted molar refractivity (Wildman–Crippen MR) is 97.3 cm³/mol. The molecule has 0 aliphatic heterocycles. The third-order valence-electron chi connectivity index (χ3n) is 3.38. The van der Waals surface area contributed by atoms with E-state index in [1.165, 1.54) is 24.3 Å². The van der Waals surface area contributed by atoms with E-state index in [0.717, 1.165) is 24.3 Å². The van der Waals surface area contributed by atoms with Crippen molar-refractivity contribution in [3.63, 3.8) is 0 Å². The van der Waals surface area contributed by atoms with Crippen molar-refractivity contribution in [3.05, 3.63) is 47.5 Å². The van der Waals surface area contributed by atoms with E-state index in [4.69, 9.17) is 21.4 Å². The average molecular weight is 447 g/mol. The topological polar surface area (TPSA) is 127 Å². The summed E-state index contributed by atoms with van der Waals surface area (Å²) < 4.78 is 46.2. The minimum atomic E-state index is -4.07. The molecule has 2 aromatic carbocycles. The molecule has 2 aromatic rings. The first-order valence-corrected chi connectivity index (χ1v) is 11.5. The van der Waals surface area contributed by atoms with Gasteiger partial charge in [0, 0.05) is 27.8 Å². The lowest BCUT2D eigenvalue weighted by Crippen LogP contribution is -1.98. The Bertz CT molecular complexity index is 1120. The monoisotopic (exact) mass is 446 g/mol. The van der Waals surface area contributed by atoms with Crippen LogP contribution in [-0.2, 0) is 34.1 Å². The molecule has 2 rings (SSSR count). The Balaban J connectivity index is 2.70. The molecule has 0 bridgehead atoms. The van der Waals surface area contributed by atoms with Crippen LogP contribution in [0, 0.1) is 0 Å². The summed E-state index contributed by atoms with van der Waals surface area (Å²) in [5.41, 5.74) is 0.557. The van der Waals surface area contributed by atoms with Crippen LogP contribution in [0.25, 0.3) is 0 Å². The first-order valence-electron chi connectivity index (χ1n) is 6.87. The number of halogens is 2. The number of rotatable bonds is 6. The van der Waals surface area contributed by atoms with E-state index < -0.39 is 18.1 Å². The molecular formula is C15H8Cl2N2O6S2. The molecule has 0 aliphatic rings.